The molecule has 0 heterocycles. The molecule has 0 aliphatic carbocycles. The SMILES string of the molecule is CCCCCCCCCCNC(C)C(=O)NC(CC)CC. The Morgan fingerprint density at radius 3 is 1.90 bits per heavy atom. The van der Waals surface area contributed by atoms with Gasteiger partial charge in [-0.15, -0.1) is 0 Å². The summed E-state index contributed by atoms with van der Waals surface area (Å²) in [6, 6.07) is 0.250. The Kier molecular flexibility index (Phi) is 14.0. The van der Waals surface area contributed by atoms with Crippen molar-refractivity contribution in [3.8, 4) is 0 Å². The van der Waals surface area contributed by atoms with Crippen LogP contribution < -0.4 is 10.6 Å². The fourth-order valence-corrected chi connectivity index (χ4v) is 2.49. The first kappa shape index (κ1) is 20.4. The van der Waals surface area contributed by atoms with Crippen molar-refractivity contribution < 1.29 is 4.79 Å². The first-order chi connectivity index (χ1) is 10.2. The largest absolute Gasteiger partial charge is 0.352 e. The molecule has 1 atom stereocenters. The van der Waals surface area contributed by atoms with Crippen LogP contribution in [0.5, 0.6) is 0 Å². The molecule has 0 saturated carbocycles. The van der Waals surface area contributed by atoms with Gasteiger partial charge in [-0.05, 0) is 32.7 Å². The quantitative estimate of drug-likeness (QED) is 0.466. The van der Waals surface area contributed by atoms with Gasteiger partial charge in [-0.1, -0.05) is 65.7 Å². The van der Waals surface area contributed by atoms with Gasteiger partial charge in [0.1, 0.15) is 0 Å². The number of carbonyl (C=O) groups excluding carboxylic acids is 1. The number of nitrogens with one attached hydrogen (secondary N) is 2. The van der Waals surface area contributed by atoms with Crippen molar-refractivity contribution in [3.05, 3.63) is 0 Å². The van der Waals surface area contributed by atoms with Crippen LogP contribution in [0.15, 0.2) is 0 Å². The Morgan fingerprint density at radius 1 is 0.857 bits per heavy atom. The van der Waals surface area contributed by atoms with E-state index in [0.717, 1.165) is 19.4 Å². The van der Waals surface area contributed by atoms with E-state index in [4.69, 9.17) is 0 Å². The average molecular weight is 299 g/mol. The van der Waals surface area contributed by atoms with Gasteiger partial charge in [0.25, 0.3) is 0 Å². The molecule has 3 heteroatoms. The Morgan fingerprint density at radius 2 is 1.38 bits per heavy atom. The summed E-state index contributed by atoms with van der Waals surface area (Å²) in [5.74, 6) is 0.142. The van der Waals surface area contributed by atoms with Crippen LogP contribution in [0.1, 0.15) is 91.9 Å². The Hall–Kier alpha value is -0.570. The summed E-state index contributed by atoms with van der Waals surface area (Å²) in [7, 11) is 0. The van der Waals surface area contributed by atoms with Gasteiger partial charge in [-0.25, -0.2) is 0 Å². The van der Waals surface area contributed by atoms with E-state index >= 15 is 0 Å². The highest BCUT2D eigenvalue weighted by Crippen LogP contribution is 2.08. The molecule has 2 N–H and O–H groups in total. The van der Waals surface area contributed by atoms with Crippen molar-refractivity contribution in [2.45, 2.75) is 104 Å². The van der Waals surface area contributed by atoms with E-state index < -0.39 is 0 Å². The molecule has 0 aliphatic heterocycles. The molecule has 0 aromatic heterocycles. The maximum Gasteiger partial charge on any atom is 0.237 e. The minimum Gasteiger partial charge on any atom is -0.352 e. The normalized spacial score (nSPS) is 12.6. The Labute approximate surface area is 132 Å². The van der Waals surface area contributed by atoms with Gasteiger partial charge in [0.15, 0.2) is 0 Å². The van der Waals surface area contributed by atoms with Crippen LogP contribution in [0.4, 0.5) is 0 Å². The smallest absolute Gasteiger partial charge is 0.237 e. The maximum atomic E-state index is 12.0. The van der Waals surface area contributed by atoms with Crippen LogP contribution >= 0.6 is 0 Å². The highest BCUT2D eigenvalue weighted by atomic mass is 16.2. The van der Waals surface area contributed by atoms with E-state index in [0.29, 0.717) is 6.04 Å². The summed E-state index contributed by atoms with van der Waals surface area (Å²) in [5.41, 5.74) is 0. The highest BCUT2D eigenvalue weighted by molar-refractivity contribution is 5.81. The monoisotopic (exact) mass is 298 g/mol. The van der Waals surface area contributed by atoms with Crippen LogP contribution in [0, 0.1) is 0 Å². The van der Waals surface area contributed by atoms with Crippen molar-refractivity contribution in [2.24, 2.45) is 0 Å². The van der Waals surface area contributed by atoms with E-state index in [2.05, 4.69) is 31.4 Å². The second-order valence-electron chi connectivity index (χ2n) is 6.17. The van der Waals surface area contributed by atoms with Gasteiger partial charge in [0.2, 0.25) is 5.91 Å². The fourth-order valence-electron chi connectivity index (χ4n) is 2.49. The fraction of sp³-hybridized carbons (Fsp3) is 0.944. The van der Waals surface area contributed by atoms with Gasteiger partial charge in [-0.2, -0.15) is 0 Å². The summed E-state index contributed by atoms with van der Waals surface area (Å²) in [6.07, 6.45) is 12.6. The zero-order valence-electron chi connectivity index (χ0n) is 14.8. The first-order valence-corrected chi connectivity index (χ1v) is 9.19. The summed E-state index contributed by atoms with van der Waals surface area (Å²) < 4.78 is 0. The van der Waals surface area contributed by atoms with Crippen molar-refractivity contribution >= 4 is 5.91 Å². The van der Waals surface area contributed by atoms with E-state index in [1.54, 1.807) is 0 Å². The predicted molar refractivity (Wildman–Crippen MR) is 92.6 cm³/mol. The molecule has 0 aromatic rings. The second-order valence-corrected chi connectivity index (χ2v) is 6.17. The number of amides is 1. The molecule has 0 bridgehead atoms. The molecule has 0 saturated heterocycles. The zero-order chi connectivity index (χ0) is 15.9. The lowest BCUT2D eigenvalue weighted by Crippen LogP contribution is -2.46. The lowest BCUT2D eigenvalue weighted by Gasteiger charge is -2.19. The minimum atomic E-state index is -0.0739. The topological polar surface area (TPSA) is 41.1 Å². The van der Waals surface area contributed by atoms with E-state index in [1.807, 2.05) is 6.92 Å². The van der Waals surface area contributed by atoms with E-state index in [-0.39, 0.29) is 11.9 Å². The van der Waals surface area contributed by atoms with Crippen molar-refractivity contribution in [1.29, 1.82) is 0 Å². The number of hydrogen-bond donors (Lipinski definition) is 2. The molecule has 1 unspecified atom stereocenters. The summed E-state index contributed by atoms with van der Waals surface area (Å²) >= 11 is 0. The first-order valence-electron chi connectivity index (χ1n) is 9.19. The van der Waals surface area contributed by atoms with Crippen LogP contribution in [0.25, 0.3) is 0 Å². The third kappa shape index (κ3) is 11.7. The molecular weight excluding hydrogens is 260 g/mol. The van der Waals surface area contributed by atoms with Crippen molar-refractivity contribution in [2.75, 3.05) is 6.54 Å². The molecule has 21 heavy (non-hydrogen) atoms. The lowest BCUT2D eigenvalue weighted by atomic mass is 10.1. The number of rotatable bonds is 14. The summed E-state index contributed by atoms with van der Waals surface area (Å²) in [4.78, 5) is 12.0. The van der Waals surface area contributed by atoms with Crippen molar-refractivity contribution in [1.82, 2.24) is 10.6 Å². The molecular formula is C18H38N2O. The van der Waals surface area contributed by atoms with Crippen LogP contribution in [0.3, 0.4) is 0 Å². The maximum absolute atomic E-state index is 12.0. The van der Waals surface area contributed by atoms with Gasteiger partial charge in [-0.3, -0.25) is 4.79 Å². The number of unbranched alkanes of at least 4 members (excludes halogenated alkanes) is 7. The second kappa shape index (κ2) is 14.4. The molecule has 0 fully saturated rings. The third-order valence-electron chi connectivity index (χ3n) is 4.21. The third-order valence-corrected chi connectivity index (χ3v) is 4.21. The van der Waals surface area contributed by atoms with Crippen LogP contribution in [-0.4, -0.2) is 24.5 Å². The highest BCUT2D eigenvalue weighted by Gasteiger charge is 2.14. The van der Waals surface area contributed by atoms with Crippen molar-refractivity contribution in [3.63, 3.8) is 0 Å². The number of hydrogen-bond acceptors (Lipinski definition) is 2. The van der Waals surface area contributed by atoms with Gasteiger partial charge in [0.05, 0.1) is 6.04 Å². The Bertz CT molecular complexity index is 239. The van der Waals surface area contributed by atoms with Gasteiger partial charge in [0, 0.05) is 6.04 Å². The molecule has 0 aromatic carbocycles. The summed E-state index contributed by atoms with van der Waals surface area (Å²) in [5, 5.41) is 6.43. The average Bonchev–Trinajstić information content (AvgIpc) is 2.50. The molecule has 3 nitrogen and oxygen atoms in total. The molecule has 0 radical (unpaired) electrons. The van der Waals surface area contributed by atoms with E-state index in [9.17, 15) is 4.79 Å². The standard InChI is InChI=1S/C18H38N2O/c1-5-8-9-10-11-12-13-14-15-19-16(4)18(21)20-17(6-2)7-3/h16-17,19H,5-15H2,1-4H3,(H,20,21). The van der Waals surface area contributed by atoms with Gasteiger partial charge < -0.3 is 10.6 Å². The van der Waals surface area contributed by atoms with E-state index in [1.165, 1.54) is 51.4 Å². The molecule has 126 valence electrons. The molecule has 0 spiro atoms. The Balaban J connectivity index is 3.48. The lowest BCUT2D eigenvalue weighted by molar-refractivity contribution is -0.123. The van der Waals surface area contributed by atoms with Crippen LogP contribution in [0.2, 0.25) is 0 Å². The minimum absolute atomic E-state index is 0.0739. The summed E-state index contributed by atoms with van der Waals surface area (Å²) in [6.45, 7) is 9.40. The number of carbonyl (C=O) groups is 1. The molecule has 0 rings (SSSR count). The molecule has 1 amide bonds. The molecule has 0 aliphatic rings. The zero-order valence-corrected chi connectivity index (χ0v) is 14.8. The van der Waals surface area contributed by atoms with Gasteiger partial charge >= 0.3 is 0 Å². The van der Waals surface area contributed by atoms with Crippen LogP contribution in [-0.2, 0) is 4.79 Å². The predicted octanol–water partition coefficient (Wildman–Crippen LogP) is 4.41.